The number of nitrogens with zero attached hydrogens (tertiary/aromatic N) is 5. The largest absolute Gasteiger partial charge is 0.347 e. The third-order valence-electron chi connectivity index (χ3n) is 8.36. The van der Waals surface area contributed by atoms with Crippen LogP contribution in [0, 0.1) is 11.8 Å². The average Bonchev–Trinajstić information content (AvgIpc) is 3.62. The highest BCUT2D eigenvalue weighted by Gasteiger charge is 2.61. The summed E-state index contributed by atoms with van der Waals surface area (Å²) < 4.78 is 41.8. The number of hydrogen-bond acceptors (Lipinski definition) is 6. The fraction of sp³-hybridized carbons (Fsp3) is 0.520. The van der Waals surface area contributed by atoms with Crippen molar-refractivity contribution in [2.75, 3.05) is 27.3 Å². The van der Waals surface area contributed by atoms with Gasteiger partial charge in [-0.25, -0.2) is 0 Å². The second-order valence-corrected chi connectivity index (χ2v) is 12.0. The molecular weight excluding hydrogens is 466 g/mol. The molecule has 1 aromatic carbocycles. The molecule has 4 aliphatic rings. The van der Waals surface area contributed by atoms with E-state index >= 15 is 0 Å². The van der Waals surface area contributed by atoms with Crippen molar-refractivity contribution in [1.82, 2.24) is 18.9 Å². The Morgan fingerprint density at radius 2 is 1.86 bits per heavy atom. The number of aromatic nitrogens is 2. The Bertz CT molecular complexity index is 1310. The number of allylic oxidation sites excluding steroid dienone is 1. The fourth-order valence-electron chi connectivity index (χ4n) is 6.69. The maximum absolute atomic E-state index is 13.5. The van der Waals surface area contributed by atoms with Crippen molar-refractivity contribution >= 4 is 22.0 Å². The zero-order chi connectivity index (χ0) is 24.4. The molecule has 185 valence electrons. The molecule has 1 saturated heterocycles. The van der Waals surface area contributed by atoms with Gasteiger partial charge in [-0.15, -0.1) is 4.09 Å². The first-order valence-electron chi connectivity index (χ1n) is 12.1. The van der Waals surface area contributed by atoms with Crippen molar-refractivity contribution in [2.45, 2.75) is 43.8 Å². The van der Waals surface area contributed by atoms with Gasteiger partial charge in [0.1, 0.15) is 0 Å². The lowest BCUT2D eigenvalue weighted by molar-refractivity contribution is -0.232. The minimum absolute atomic E-state index is 0.119. The molecule has 10 heteroatoms. The van der Waals surface area contributed by atoms with Gasteiger partial charge in [0.15, 0.2) is 5.79 Å². The summed E-state index contributed by atoms with van der Waals surface area (Å²) in [5.41, 5.74) is 7.70. The van der Waals surface area contributed by atoms with Crippen molar-refractivity contribution < 1.29 is 17.9 Å². The van der Waals surface area contributed by atoms with Gasteiger partial charge >= 0.3 is 10.2 Å². The maximum Gasteiger partial charge on any atom is 0.323 e. The van der Waals surface area contributed by atoms with Gasteiger partial charge in [-0.1, -0.05) is 37.3 Å². The van der Waals surface area contributed by atoms with Gasteiger partial charge in [0.05, 0.1) is 37.0 Å². The predicted molar refractivity (Wildman–Crippen MR) is 131 cm³/mol. The monoisotopic (exact) mass is 496 g/mol. The summed E-state index contributed by atoms with van der Waals surface area (Å²) in [6.45, 7) is 3.44. The molecular formula is C25H30N5O4S. The van der Waals surface area contributed by atoms with Crippen LogP contribution in [0.25, 0.3) is 5.57 Å². The van der Waals surface area contributed by atoms with E-state index in [0.29, 0.717) is 30.9 Å². The molecule has 3 unspecified atom stereocenters. The third-order valence-corrected chi connectivity index (χ3v) is 9.98. The Labute approximate surface area is 206 Å². The summed E-state index contributed by atoms with van der Waals surface area (Å²) in [6, 6.07) is 10.4. The fourth-order valence-corrected chi connectivity index (χ4v) is 7.63. The number of ether oxygens (including phenoxy) is 2. The highest BCUT2D eigenvalue weighted by Crippen LogP contribution is 2.60. The van der Waals surface area contributed by atoms with Gasteiger partial charge in [-0.3, -0.25) is 0 Å². The molecule has 2 fully saturated rings. The quantitative estimate of drug-likeness (QED) is 0.648. The lowest BCUT2D eigenvalue weighted by Crippen LogP contribution is -2.56. The lowest BCUT2D eigenvalue weighted by atomic mass is 9.52. The van der Waals surface area contributed by atoms with Crippen molar-refractivity contribution in [2.24, 2.45) is 16.9 Å². The Morgan fingerprint density at radius 3 is 2.51 bits per heavy atom. The molecule has 3 heterocycles. The van der Waals surface area contributed by atoms with Crippen LogP contribution >= 0.6 is 0 Å². The van der Waals surface area contributed by atoms with E-state index in [4.69, 9.17) is 14.6 Å². The second kappa shape index (κ2) is 7.99. The summed E-state index contributed by atoms with van der Waals surface area (Å²) in [4.78, 5) is 0. The Balaban J connectivity index is 1.62. The van der Waals surface area contributed by atoms with E-state index in [9.17, 15) is 8.42 Å². The molecule has 1 saturated carbocycles. The summed E-state index contributed by atoms with van der Waals surface area (Å²) >= 11 is 0. The number of rotatable bonds is 4. The Kier molecular flexibility index (Phi) is 5.23. The van der Waals surface area contributed by atoms with E-state index in [0.717, 1.165) is 36.1 Å². The summed E-state index contributed by atoms with van der Waals surface area (Å²) in [5, 5.41) is 8.91. The lowest BCUT2D eigenvalue weighted by Gasteiger charge is -2.55. The molecule has 1 aromatic heterocycles. The van der Waals surface area contributed by atoms with Gasteiger partial charge in [-0.2, -0.15) is 28.3 Å². The average molecular weight is 497 g/mol. The highest BCUT2D eigenvalue weighted by atomic mass is 32.2. The molecule has 0 bridgehead atoms. The van der Waals surface area contributed by atoms with E-state index in [1.54, 1.807) is 12.4 Å². The van der Waals surface area contributed by atoms with Crippen LogP contribution in [0.2, 0.25) is 0 Å². The number of hydrogen-bond donors (Lipinski definition) is 0. The van der Waals surface area contributed by atoms with Crippen molar-refractivity contribution in [3.63, 3.8) is 0 Å². The summed E-state index contributed by atoms with van der Waals surface area (Å²) in [6.07, 6.45) is 6.28. The summed E-state index contributed by atoms with van der Waals surface area (Å²) in [5.74, 6) is -0.284. The minimum atomic E-state index is -3.88. The second-order valence-electron chi connectivity index (χ2n) is 10.0. The van der Waals surface area contributed by atoms with Gasteiger partial charge in [0.25, 0.3) is 0 Å². The Morgan fingerprint density at radius 1 is 1.11 bits per heavy atom. The van der Waals surface area contributed by atoms with Crippen LogP contribution in [-0.4, -0.2) is 61.2 Å². The van der Waals surface area contributed by atoms with Crippen LogP contribution < -0.4 is 5.43 Å². The molecule has 6 rings (SSSR count). The van der Waals surface area contributed by atoms with Gasteiger partial charge in [0, 0.05) is 43.0 Å². The zero-order valence-corrected chi connectivity index (χ0v) is 21.0. The highest BCUT2D eigenvalue weighted by molar-refractivity contribution is 7.87. The first-order valence-corrected chi connectivity index (χ1v) is 13.5. The molecule has 9 nitrogen and oxygen atoms in total. The molecule has 1 radical (unpaired) electrons. The van der Waals surface area contributed by atoms with E-state index in [1.807, 2.05) is 18.2 Å². The van der Waals surface area contributed by atoms with E-state index in [2.05, 4.69) is 29.6 Å². The Hall–Kier alpha value is -2.53. The third kappa shape index (κ3) is 3.13. The van der Waals surface area contributed by atoms with Crippen molar-refractivity contribution in [1.29, 1.82) is 0 Å². The van der Waals surface area contributed by atoms with Crippen molar-refractivity contribution in [3.05, 3.63) is 59.0 Å². The van der Waals surface area contributed by atoms with Crippen molar-refractivity contribution in [3.8, 4) is 0 Å². The first kappa shape index (κ1) is 22.9. The molecule has 35 heavy (non-hydrogen) atoms. The molecule has 1 spiro atoms. The van der Waals surface area contributed by atoms with Crippen LogP contribution in [0.4, 0.5) is 0 Å². The molecule has 2 aliphatic carbocycles. The van der Waals surface area contributed by atoms with Gasteiger partial charge < -0.3 is 9.47 Å². The van der Waals surface area contributed by atoms with Crippen LogP contribution in [0.15, 0.2) is 41.6 Å². The first-order chi connectivity index (χ1) is 16.8. The topological polar surface area (TPSA) is 100 Å². The predicted octanol–water partition coefficient (Wildman–Crippen LogP) is 2.50. The molecule has 0 N–H and O–H groups in total. The van der Waals surface area contributed by atoms with Gasteiger partial charge in [0.2, 0.25) is 0 Å². The smallest absolute Gasteiger partial charge is 0.323 e. The normalized spacial score (nSPS) is 29.2. The molecule has 0 amide bonds. The molecule has 3 atom stereocenters. The van der Waals surface area contributed by atoms with Crippen LogP contribution in [-0.2, 0) is 31.5 Å². The van der Waals surface area contributed by atoms with E-state index in [-0.39, 0.29) is 11.8 Å². The van der Waals surface area contributed by atoms with Crippen LogP contribution in [0.3, 0.4) is 0 Å². The maximum atomic E-state index is 13.5. The van der Waals surface area contributed by atoms with E-state index in [1.165, 1.54) is 22.5 Å². The standard InChI is InChI=1S/C25H30N5O4S/c1-17-21-10-9-20-22(18-15-26-27-16-18)30(35(31,32)29(2)3)28-23(20)24(21,19-7-5-4-6-8-19)11-12-25(17)33-13-14-34-25/h4-8,15-17,21H,9-14H2,1-3H3. The SMILES string of the molecule is CC1C2CCc3c(nn(S(=O)(=O)N(C)C)c3C3=C[N]N=C3)C2(c2ccccc2)CCC12OCCO2. The van der Waals surface area contributed by atoms with E-state index < -0.39 is 21.4 Å². The van der Waals surface area contributed by atoms with Crippen LogP contribution in [0.5, 0.6) is 0 Å². The minimum Gasteiger partial charge on any atom is -0.347 e. The number of fused-ring (bicyclic) bond motifs is 3. The molecule has 2 aromatic rings. The zero-order valence-electron chi connectivity index (χ0n) is 20.2. The summed E-state index contributed by atoms with van der Waals surface area (Å²) in [7, 11) is -0.824. The van der Waals surface area contributed by atoms with Crippen LogP contribution in [0.1, 0.15) is 48.7 Å². The number of benzene rings is 1. The molecule has 2 aliphatic heterocycles. The van der Waals surface area contributed by atoms with Gasteiger partial charge in [-0.05, 0) is 30.7 Å².